The molecule has 0 aromatic heterocycles. The zero-order valence-corrected chi connectivity index (χ0v) is 24.0. The lowest BCUT2D eigenvalue weighted by Crippen LogP contribution is -2.45. The van der Waals surface area contributed by atoms with Crippen LogP contribution in [0.25, 0.3) is 0 Å². The molecule has 1 aromatic carbocycles. The fourth-order valence-electron chi connectivity index (χ4n) is 4.43. The number of benzene rings is 1. The number of esters is 1. The number of unbranched alkanes of at least 4 members (excludes halogenated alkanes) is 13. The van der Waals surface area contributed by atoms with Gasteiger partial charge in [0.05, 0.1) is 23.3 Å². The molecule has 4 nitrogen and oxygen atoms in total. The molecule has 0 radical (unpaired) electrons. The molecular formula is C30H45F6NO3. The number of hydrogen-bond donors (Lipinski definition) is 1. The molecule has 1 rings (SSSR count). The largest absolute Gasteiger partial charge is 0.464 e. The summed E-state index contributed by atoms with van der Waals surface area (Å²) in [5.41, 5.74) is -4.11. The van der Waals surface area contributed by atoms with Crippen molar-refractivity contribution in [2.24, 2.45) is 5.92 Å². The van der Waals surface area contributed by atoms with Gasteiger partial charge in [-0.15, -0.1) is 0 Å². The van der Waals surface area contributed by atoms with Crippen molar-refractivity contribution in [3.05, 3.63) is 34.9 Å². The molecule has 0 fully saturated rings. The molecule has 0 bridgehead atoms. The summed E-state index contributed by atoms with van der Waals surface area (Å²) >= 11 is 0. The lowest BCUT2D eigenvalue weighted by Gasteiger charge is -2.22. The Morgan fingerprint density at radius 3 is 1.65 bits per heavy atom. The molecule has 40 heavy (non-hydrogen) atoms. The van der Waals surface area contributed by atoms with E-state index >= 15 is 0 Å². The first-order chi connectivity index (χ1) is 18.8. The Labute approximate surface area is 234 Å². The molecule has 0 heterocycles. The van der Waals surface area contributed by atoms with Crippen LogP contribution in [0.1, 0.15) is 132 Å². The standard InChI is InChI=1S/C30H45F6NO3/c1-4-5-6-7-8-9-10-11-12-13-14-15-16-17-20-40-28(39)26(22(2)3)37-27(38)24-21-23(29(31,32)33)18-19-25(24)30(34,35)36/h18-19,21-22,26H,4-17,20H2,1-3H3,(H,37,38). The third kappa shape index (κ3) is 13.9. The number of carbonyl (C=O) groups excluding carboxylic acids is 2. The summed E-state index contributed by atoms with van der Waals surface area (Å²) in [5, 5.41) is 2.15. The number of hydrogen-bond acceptors (Lipinski definition) is 3. The second-order valence-electron chi connectivity index (χ2n) is 10.7. The molecular weight excluding hydrogens is 536 g/mol. The summed E-state index contributed by atoms with van der Waals surface area (Å²) in [6, 6.07) is -0.676. The monoisotopic (exact) mass is 581 g/mol. The van der Waals surface area contributed by atoms with Crippen LogP contribution in [0.3, 0.4) is 0 Å². The van der Waals surface area contributed by atoms with E-state index in [1.807, 2.05) is 0 Å². The van der Waals surface area contributed by atoms with Gasteiger partial charge in [0.15, 0.2) is 0 Å². The average Bonchev–Trinajstić information content (AvgIpc) is 2.87. The Kier molecular flexibility index (Phi) is 16.3. The highest BCUT2D eigenvalue weighted by Crippen LogP contribution is 2.36. The van der Waals surface area contributed by atoms with Crippen molar-refractivity contribution in [2.45, 2.75) is 129 Å². The molecule has 1 N–H and O–H groups in total. The van der Waals surface area contributed by atoms with E-state index in [0.29, 0.717) is 6.42 Å². The second-order valence-corrected chi connectivity index (χ2v) is 10.7. The van der Waals surface area contributed by atoms with Crippen LogP contribution in [0, 0.1) is 5.92 Å². The summed E-state index contributed by atoms with van der Waals surface area (Å²) in [4.78, 5) is 25.2. The number of ether oxygens (including phenoxy) is 1. The summed E-state index contributed by atoms with van der Waals surface area (Å²) in [6.45, 7) is 5.41. The summed E-state index contributed by atoms with van der Waals surface area (Å²) in [7, 11) is 0. The fourth-order valence-corrected chi connectivity index (χ4v) is 4.43. The smallest absolute Gasteiger partial charge is 0.417 e. The number of carbonyl (C=O) groups is 2. The molecule has 0 saturated heterocycles. The first-order valence-corrected chi connectivity index (χ1v) is 14.5. The van der Waals surface area contributed by atoms with Gasteiger partial charge in [-0.1, -0.05) is 104 Å². The van der Waals surface area contributed by atoms with Gasteiger partial charge in [0.25, 0.3) is 5.91 Å². The summed E-state index contributed by atoms with van der Waals surface area (Å²) in [5.74, 6) is -2.82. The van der Waals surface area contributed by atoms with Gasteiger partial charge in [-0.3, -0.25) is 4.79 Å². The minimum absolute atomic E-state index is 0.0906. The Morgan fingerprint density at radius 2 is 1.23 bits per heavy atom. The molecule has 0 aliphatic rings. The van der Waals surface area contributed by atoms with Crippen molar-refractivity contribution < 1.29 is 40.7 Å². The maximum Gasteiger partial charge on any atom is 0.417 e. The lowest BCUT2D eigenvalue weighted by atomic mass is 10.00. The SMILES string of the molecule is CCCCCCCCCCCCCCCCOC(=O)C(NC(=O)c1cc(C(F)(F)F)ccc1C(F)(F)F)C(C)C. The fraction of sp³-hybridized carbons (Fsp3) is 0.733. The van der Waals surface area contributed by atoms with Crippen molar-refractivity contribution in [3.63, 3.8) is 0 Å². The maximum absolute atomic E-state index is 13.4. The number of alkyl halides is 6. The molecule has 1 atom stereocenters. The highest BCUT2D eigenvalue weighted by atomic mass is 19.4. The third-order valence-corrected chi connectivity index (χ3v) is 6.85. The highest BCUT2D eigenvalue weighted by Gasteiger charge is 2.39. The van der Waals surface area contributed by atoms with E-state index in [2.05, 4.69) is 12.2 Å². The summed E-state index contributed by atoms with van der Waals surface area (Å²) in [6.07, 6.45) is 6.31. The molecule has 230 valence electrons. The first kappa shape index (κ1) is 35.8. The first-order valence-electron chi connectivity index (χ1n) is 14.5. The zero-order chi connectivity index (χ0) is 30.2. The average molecular weight is 582 g/mol. The van der Waals surface area contributed by atoms with E-state index in [9.17, 15) is 35.9 Å². The predicted octanol–water partition coefficient (Wildman–Crippen LogP) is 9.50. The van der Waals surface area contributed by atoms with Gasteiger partial charge < -0.3 is 10.1 Å². The van der Waals surface area contributed by atoms with Crippen molar-refractivity contribution in [2.75, 3.05) is 6.61 Å². The highest BCUT2D eigenvalue weighted by molar-refractivity contribution is 5.98. The molecule has 0 aliphatic carbocycles. The minimum atomic E-state index is -5.06. The van der Waals surface area contributed by atoms with E-state index in [-0.39, 0.29) is 24.8 Å². The maximum atomic E-state index is 13.4. The Balaban J connectivity index is 2.45. The van der Waals surface area contributed by atoms with Gasteiger partial charge in [0, 0.05) is 0 Å². The Hall–Kier alpha value is -2.26. The molecule has 10 heteroatoms. The van der Waals surface area contributed by atoms with Gasteiger partial charge in [-0.25, -0.2) is 4.79 Å². The molecule has 0 aliphatic heterocycles. The van der Waals surface area contributed by atoms with Gasteiger partial charge in [-0.05, 0) is 30.5 Å². The van der Waals surface area contributed by atoms with Crippen LogP contribution < -0.4 is 5.32 Å². The molecule has 1 aromatic rings. The Bertz CT molecular complexity index is 883. The number of amides is 1. The molecule has 0 spiro atoms. The van der Waals surface area contributed by atoms with E-state index in [1.54, 1.807) is 13.8 Å². The van der Waals surface area contributed by atoms with Gasteiger partial charge in [-0.2, -0.15) is 26.3 Å². The van der Waals surface area contributed by atoms with E-state index in [0.717, 1.165) is 25.7 Å². The Morgan fingerprint density at radius 1 is 0.750 bits per heavy atom. The van der Waals surface area contributed by atoms with E-state index in [4.69, 9.17) is 4.74 Å². The topological polar surface area (TPSA) is 55.4 Å². The van der Waals surface area contributed by atoms with Crippen LogP contribution >= 0.6 is 0 Å². The van der Waals surface area contributed by atoms with Gasteiger partial charge in [0.2, 0.25) is 0 Å². The number of nitrogens with one attached hydrogen (secondary N) is 1. The quantitative estimate of drug-likeness (QED) is 0.101. The van der Waals surface area contributed by atoms with Gasteiger partial charge in [0.1, 0.15) is 6.04 Å². The third-order valence-electron chi connectivity index (χ3n) is 6.85. The van der Waals surface area contributed by atoms with Crippen LogP contribution in [-0.2, 0) is 21.9 Å². The summed E-state index contributed by atoms with van der Waals surface area (Å²) < 4.78 is 84.6. The molecule has 1 unspecified atom stereocenters. The van der Waals surface area contributed by atoms with Crippen LogP contribution in [0.2, 0.25) is 0 Å². The molecule has 1 amide bonds. The number of rotatable bonds is 19. The number of halogens is 6. The lowest BCUT2D eigenvalue weighted by molar-refractivity contribution is -0.147. The van der Waals surface area contributed by atoms with Crippen molar-refractivity contribution in [1.29, 1.82) is 0 Å². The zero-order valence-electron chi connectivity index (χ0n) is 24.0. The van der Waals surface area contributed by atoms with Crippen molar-refractivity contribution in [1.82, 2.24) is 5.32 Å². The van der Waals surface area contributed by atoms with Crippen molar-refractivity contribution in [3.8, 4) is 0 Å². The van der Waals surface area contributed by atoms with Crippen molar-refractivity contribution >= 4 is 11.9 Å². The molecule has 0 saturated carbocycles. The predicted molar refractivity (Wildman–Crippen MR) is 144 cm³/mol. The van der Waals surface area contributed by atoms with Crippen LogP contribution in [0.5, 0.6) is 0 Å². The van der Waals surface area contributed by atoms with Crippen LogP contribution in [0.15, 0.2) is 18.2 Å². The minimum Gasteiger partial charge on any atom is -0.464 e. The normalized spacial score (nSPS) is 12.9. The second kappa shape index (κ2) is 18.2. The van der Waals surface area contributed by atoms with Gasteiger partial charge >= 0.3 is 18.3 Å². The van der Waals surface area contributed by atoms with E-state index < -0.39 is 52.9 Å². The van der Waals surface area contributed by atoms with Crippen LogP contribution in [0.4, 0.5) is 26.3 Å². The van der Waals surface area contributed by atoms with E-state index in [1.165, 1.54) is 57.8 Å². The van der Waals surface area contributed by atoms with Crippen LogP contribution in [-0.4, -0.2) is 24.5 Å².